The molecule has 0 amide bonds. The topological polar surface area (TPSA) is 91.4 Å². The molecule has 2 aromatic heterocycles. The number of hydrogen-bond acceptors (Lipinski definition) is 8. The summed E-state index contributed by atoms with van der Waals surface area (Å²) in [5.41, 5.74) is 1.91. The van der Waals surface area contributed by atoms with Crippen molar-refractivity contribution in [3.63, 3.8) is 0 Å². The van der Waals surface area contributed by atoms with Crippen molar-refractivity contribution in [2.24, 2.45) is 0 Å². The van der Waals surface area contributed by atoms with Gasteiger partial charge in [0.05, 0.1) is 19.2 Å². The van der Waals surface area contributed by atoms with Crippen LogP contribution in [0, 0.1) is 0 Å². The lowest BCUT2D eigenvalue weighted by Crippen LogP contribution is -2.22. The van der Waals surface area contributed by atoms with Crippen LogP contribution in [0.15, 0.2) is 18.2 Å². The Balaban J connectivity index is 1.43. The van der Waals surface area contributed by atoms with Crippen molar-refractivity contribution in [2.75, 3.05) is 56.7 Å². The first-order chi connectivity index (χ1) is 16.7. The zero-order chi connectivity index (χ0) is 23.3. The van der Waals surface area contributed by atoms with Gasteiger partial charge in [0.25, 0.3) is 0 Å². The highest BCUT2D eigenvalue weighted by molar-refractivity contribution is 5.94. The molecule has 0 bridgehead atoms. The van der Waals surface area contributed by atoms with Gasteiger partial charge in [-0.2, -0.15) is 10.1 Å². The SMILES string of the molecule is CCc1cc(Nc2nc(N3CCCC3)nc3cc(OCCCN4CCCC4)c(OC)cc23)n[nH]1. The second kappa shape index (κ2) is 10.5. The van der Waals surface area contributed by atoms with E-state index in [2.05, 4.69) is 32.2 Å². The summed E-state index contributed by atoms with van der Waals surface area (Å²) in [7, 11) is 1.67. The molecule has 34 heavy (non-hydrogen) atoms. The third-order valence-corrected chi connectivity index (χ3v) is 6.69. The fourth-order valence-electron chi connectivity index (χ4n) is 4.76. The number of fused-ring (bicyclic) bond motifs is 1. The number of nitrogens with zero attached hydrogens (tertiary/aromatic N) is 5. The van der Waals surface area contributed by atoms with E-state index in [0.29, 0.717) is 12.4 Å². The standard InChI is InChI=1S/C25H35N7O2/c1-3-18-15-23(30-29-18)27-24-19-16-21(33-2)22(34-14-8-11-31-9-4-5-10-31)17-20(19)26-25(28-24)32-12-6-7-13-32/h15-17H,3-14H2,1-2H3,(H2,26,27,28,29,30). The van der Waals surface area contributed by atoms with Gasteiger partial charge in [-0.25, -0.2) is 4.98 Å². The number of anilines is 3. The Labute approximate surface area is 200 Å². The van der Waals surface area contributed by atoms with Gasteiger partial charge in [0.1, 0.15) is 5.82 Å². The van der Waals surface area contributed by atoms with Gasteiger partial charge >= 0.3 is 0 Å². The van der Waals surface area contributed by atoms with Gasteiger partial charge in [0.2, 0.25) is 5.95 Å². The Morgan fingerprint density at radius 2 is 1.79 bits per heavy atom. The summed E-state index contributed by atoms with van der Waals surface area (Å²) in [5.74, 6) is 3.61. The maximum absolute atomic E-state index is 6.17. The van der Waals surface area contributed by atoms with E-state index in [9.17, 15) is 0 Å². The maximum Gasteiger partial charge on any atom is 0.227 e. The lowest BCUT2D eigenvalue weighted by atomic mass is 10.2. The number of aromatic nitrogens is 4. The molecule has 182 valence electrons. The Morgan fingerprint density at radius 3 is 2.53 bits per heavy atom. The first kappa shape index (κ1) is 22.7. The number of methoxy groups -OCH3 is 1. The lowest BCUT2D eigenvalue weighted by molar-refractivity contribution is 0.254. The summed E-state index contributed by atoms with van der Waals surface area (Å²) >= 11 is 0. The van der Waals surface area contributed by atoms with Crippen LogP contribution in [-0.2, 0) is 6.42 Å². The first-order valence-electron chi connectivity index (χ1n) is 12.5. The first-order valence-corrected chi connectivity index (χ1v) is 12.5. The van der Waals surface area contributed by atoms with E-state index in [1.807, 2.05) is 18.2 Å². The third-order valence-electron chi connectivity index (χ3n) is 6.69. The zero-order valence-electron chi connectivity index (χ0n) is 20.3. The third kappa shape index (κ3) is 5.04. The van der Waals surface area contributed by atoms with Crippen molar-refractivity contribution in [3.8, 4) is 11.5 Å². The average Bonchev–Trinajstić information content (AvgIpc) is 3.64. The van der Waals surface area contributed by atoms with Crippen LogP contribution in [0.25, 0.3) is 10.9 Å². The summed E-state index contributed by atoms with van der Waals surface area (Å²) in [5, 5.41) is 11.7. The van der Waals surface area contributed by atoms with Gasteiger partial charge in [0.15, 0.2) is 17.3 Å². The van der Waals surface area contributed by atoms with Crippen molar-refractivity contribution >= 4 is 28.5 Å². The second-order valence-corrected chi connectivity index (χ2v) is 9.09. The molecule has 0 aliphatic carbocycles. The quantitative estimate of drug-likeness (QED) is 0.432. The normalized spacial score (nSPS) is 16.5. The van der Waals surface area contributed by atoms with Crippen LogP contribution >= 0.6 is 0 Å². The summed E-state index contributed by atoms with van der Waals surface area (Å²) in [4.78, 5) is 14.5. The van der Waals surface area contributed by atoms with E-state index in [1.165, 1.54) is 25.9 Å². The minimum atomic E-state index is 0.653. The highest BCUT2D eigenvalue weighted by atomic mass is 16.5. The molecule has 4 heterocycles. The Hall–Kier alpha value is -3.07. The van der Waals surface area contributed by atoms with Gasteiger partial charge < -0.3 is 24.6 Å². The molecule has 0 atom stereocenters. The van der Waals surface area contributed by atoms with Gasteiger partial charge in [-0.05, 0) is 57.7 Å². The number of rotatable bonds is 10. The molecule has 2 aliphatic rings. The molecule has 2 aliphatic heterocycles. The van der Waals surface area contributed by atoms with Gasteiger partial charge in [-0.3, -0.25) is 5.10 Å². The van der Waals surface area contributed by atoms with Crippen LogP contribution in [0.1, 0.15) is 44.7 Å². The van der Waals surface area contributed by atoms with Crippen LogP contribution in [0.4, 0.5) is 17.6 Å². The van der Waals surface area contributed by atoms with Crippen LogP contribution < -0.4 is 19.7 Å². The van der Waals surface area contributed by atoms with Crippen LogP contribution in [0.2, 0.25) is 0 Å². The van der Waals surface area contributed by atoms with E-state index < -0.39 is 0 Å². The van der Waals surface area contributed by atoms with E-state index in [0.717, 1.165) is 85.2 Å². The van der Waals surface area contributed by atoms with E-state index in [1.54, 1.807) is 7.11 Å². The molecule has 0 saturated carbocycles. The van der Waals surface area contributed by atoms with Crippen LogP contribution in [0.5, 0.6) is 11.5 Å². The number of benzene rings is 1. The molecule has 1 aromatic carbocycles. The molecular weight excluding hydrogens is 430 g/mol. The fraction of sp³-hybridized carbons (Fsp3) is 0.560. The Morgan fingerprint density at radius 1 is 1.00 bits per heavy atom. The molecule has 9 heteroatoms. The predicted octanol–water partition coefficient (Wildman–Crippen LogP) is 4.13. The largest absolute Gasteiger partial charge is 0.493 e. The number of nitrogens with one attached hydrogen (secondary N) is 2. The zero-order valence-corrected chi connectivity index (χ0v) is 20.3. The molecule has 0 radical (unpaired) electrons. The van der Waals surface area contributed by atoms with Gasteiger partial charge in [0, 0.05) is 42.8 Å². The maximum atomic E-state index is 6.17. The summed E-state index contributed by atoms with van der Waals surface area (Å²) in [6.07, 6.45) is 6.84. The van der Waals surface area contributed by atoms with Crippen molar-refractivity contribution in [2.45, 2.75) is 45.4 Å². The summed E-state index contributed by atoms with van der Waals surface area (Å²) in [6.45, 7) is 8.20. The molecule has 0 spiro atoms. The second-order valence-electron chi connectivity index (χ2n) is 9.09. The lowest BCUT2D eigenvalue weighted by Gasteiger charge is -2.19. The number of ether oxygens (including phenoxy) is 2. The molecule has 5 rings (SSSR count). The van der Waals surface area contributed by atoms with E-state index >= 15 is 0 Å². The highest BCUT2D eigenvalue weighted by Gasteiger charge is 2.20. The molecule has 0 unspecified atom stereocenters. The van der Waals surface area contributed by atoms with E-state index in [4.69, 9.17) is 19.4 Å². The van der Waals surface area contributed by atoms with Crippen molar-refractivity contribution in [1.82, 2.24) is 25.1 Å². The van der Waals surface area contributed by atoms with E-state index in [-0.39, 0.29) is 0 Å². The smallest absolute Gasteiger partial charge is 0.227 e. The number of aryl methyl sites for hydroxylation is 1. The summed E-state index contributed by atoms with van der Waals surface area (Å²) in [6, 6.07) is 5.96. The molecule has 9 nitrogen and oxygen atoms in total. The van der Waals surface area contributed by atoms with Gasteiger partial charge in [-0.15, -0.1) is 0 Å². The minimum absolute atomic E-state index is 0.653. The van der Waals surface area contributed by atoms with Crippen molar-refractivity contribution in [3.05, 3.63) is 23.9 Å². The Kier molecular flexibility index (Phi) is 6.99. The molecular formula is C25H35N7O2. The molecule has 2 fully saturated rings. The monoisotopic (exact) mass is 465 g/mol. The summed E-state index contributed by atoms with van der Waals surface area (Å²) < 4.78 is 11.9. The molecule has 3 aromatic rings. The number of likely N-dealkylation sites (tertiary alicyclic amines) is 1. The predicted molar refractivity (Wildman–Crippen MR) is 135 cm³/mol. The fourth-order valence-corrected chi connectivity index (χ4v) is 4.76. The van der Waals surface area contributed by atoms with Gasteiger partial charge in [-0.1, -0.05) is 6.92 Å². The number of hydrogen-bond donors (Lipinski definition) is 2. The average molecular weight is 466 g/mol. The number of H-pyrrole nitrogens is 1. The van der Waals surface area contributed by atoms with Crippen LogP contribution in [0.3, 0.4) is 0 Å². The highest BCUT2D eigenvalue weighted by Crippen LogP contribution is 2.36. The van der Waals surface area contributed by atoms with Crippen LogP contribution in [-0.4, -0.2) is 71.5 Å². The Bertz CT molecular complexity index is 1100. The van der Waals surface area contributed by atoms with Crippen molar-refractivity contribution < 1.29 is 9.47 Å². The minimum Gasteiger partial charge on any atom is -0.493 e. The molecule has 2 saturated heterocycles. The number of aromatic amines is 1. The molecule has 2 N–H and O–H groups in total. The van der Waals surface area contributed by atoms with Crippen molar-refractivity contribution in [1.29, 1.82) is 0 Å².